The molecule has 1 heterocycles. The van der Waals surface area contributed by atoms with Crippen molar-refractivity contribution in [3.8, 4) is 0 Å². The lowest BCUT2D eigenvalue weighted by Crippen LogP contribution is -2.37. The fourth-order valence-corrected chi connectivity index (χ4v) is 3.37. The Morgan fingerprint density at radius 1 is 1.28 bits per heavy atom. The van der Waals surface area contributed by atoms with Crippen molar-refractivity contribution in [3.05, 3.63) is 53.1 Å². The van der Waals surface area contributed by atoms with Gasteiger partial charge in [-0.1, -0.05) is 12.1 Å². The summed E-state index contributed by atoms with van der Waals surface area (Å²) < 4.78 is 20.0. The Hall–Kier alpha value is -2.90. The number of halogens is 1. The molecule has 3 rings (SSSR count). The predicted molar refractivity (Wildman–Crippen MR) is 106 cm³/mol. The summed E-state index contributed by atoms with van der Waals surface area (Å²) in [6.45, 7) is 5.79. The van der Waals surface area contributed by atoms with E-state index in [1.807, 2.05) is 20.8 Å². The van der Waals surface area contributed by atoms with Crippen LogP contribution in [0.25, 0.3) is 0 Å². The van der Waals surface area contributed by atoms with Crippen molar-refractivity contribution in [2.45, 2.75) is 64.8 Å². The third-order valence-electron chi connectivity index (χ3n) is 4.62. The highest BCUT2D eigenvalue weighted by Gasteiger charge is 2.28. The van der Waals surface area contributed by atoms with E-state index in [0.717, 1.165) is 36.1 Å². The van der Waals surface area contributed by atoms with Crippen LogP contribution in [0.15, 0.2) is 30.5 Å². The van der Waals surface area contributed by atoms with Gasteiger partial charge >= 0.3 is 6.09 Å². The quantitative estimate of drug-likeness (QED) is 0.804. The summed E-state index contributed by atoms with van der Waals surface area (Å²) >= 11 is 0. The van der Waals surface area contributed by atoms with Crippen molar-refractivity contribution >= 4 is 12.0 Å². The number of hydrogen-bond acceptors (Lipinski definition) is 4. The van der Waals surface area contributed by atoms with Gasteiger partial charge in [-0.05, 0) is 63.3 Å². The number of rotatable bonds is 5. The molecule has 0 radical (unpaired) electrons. The fraction of sp³-hybridized carbons (Fsp3) is 0.476. The molecule has 1 aliphatic rings. The van der Waals surface area contributed by atoms with Crippen LogP contribution < -0.4 is 10.6 Å². The lowest BCUT2D eigenvalue weighted by atomic mass is 9.93. The summed E-state index contributed by atoms with van der Waals surface area (Å²) in [5.74, 6) is -0.520. The standard InChI is InChI=1S/C21H27FN4O3/c1-21(2,3)29-20(28)25-17-6-4-5-15-12-24-26(19(15)17)13-18(27)23-11-14-7-9-16(22)10-8-14/h7-10,12,17H,4-6,11,13H2,1-3H3,(H,23,27)(H,25,28)/t17-/m0/s1. The van der Waals surface area contributed by atoms with Gasteiger partial charge in [-0.2, -0.15) is 5.10 Å². The van der Waals surface area contributed by atoms with Gasteiger partial charge in [0.05, 0.1) is 17.9 Å². The number of carbonyl (C=O) groups excluding carboxylic acids is 2. The van der Waals surface area contributed by atoms with Crippen LogP contribution in [0.3, 0.4) is 0 Å². The zero-order valence-corrected chi connectivity index (χ0v) is 17.0. The van der Waals surface area contributed by atoms with E-state index >= 15 is 0 Å². The third-order valence-corrected chi connectivity index (χ3v) is 4.62. The van der Waals surface area contributed by atoms with E-state index < -0.39 is 11.7 Å². The van der Waals surface area contributed by atoms with Crippen LogP contribution in [0.5, 0.6) is 0 Å². The van der Waals surface area contributed by atoms with Crippen LogP contribution in [0.1, 0.15) is 56.5 Å². The molecular weight excluding hydrogens is 375 g/mol. The number of aryl methyl sites for hydroxylation is 1. The van der Waals surface area contributed by atoms with Crippen molar-refractivity contribution in [1.82, 2.24) is 20.4 Å². The number of hydrogen-bond donors (Lipinski definition) is 2. The Morgan fingerprint density at radius 2 is 2.00 bits per heavy atom. The monoisotopic (exact) mass is 402 g/mol. The largest absolute Gasteiger partial charge is 0.444 e. The molecule has 1 aromatic heterocycles. The average Bonchev–Trinajstić information content (AvgIpc) is 3.03. The van der Waals surface area contributed by atoms with Gasteiger partial charge in [-0.15, -0.1) is 0 Å². The first-order valence-corrected chi connectivity index (χ1v) is 9.76. The van der Waals surface area contributed by atoms with Crippen molar-refractivity contribution in [2.24, 2.45) is 0 Å². The van der Waals surface area contributed by atoms with Crippen LogP contribution in [-0.2, 0) is 29.0 Å². The highest BCUT2D eigenvalue weighted by Crippen LogP contribution is 2.30. The Labute approximate surface area is 169 Å². The molecule has 29 heavy (non-hydrogen) atoms. The Kier molecular flexibility index (Phi) is 6.20. The second kappa shape index (κ2) is 8.63. The van der Waals surface area contributed by atoms with E-state index in [-0.39, 0.29) is 24.3 Å². The zero-order chi connectivity index (χ0) is 21.0. The number of nitrogens with one attached hydrogen (secondary N) is 2. The smallest absolute Gasteiger partial charge is 0.408 e. The lowest BCUT2D eigenvalue weighted by Gasteiger charge is -2.27. The molecule has 0 fully saturated rings. The van der Waals surface area contributed by atoms with Gasteiger partial charge in [0, 0.05) is 6.54 Å². The zero-order valence-electron chi connectivity index (χ0n) is 17.0. The number of alkyl carbamates (subject to hydrolysis) is 1. The molecule has 1 aromatic carbocycles. The topological polar surface area (TPSA) is 85.2 Å². The number of fused-ring (bicyclic) bond motifs is 1. The summed E-state index contributed by atoms with van der Waals surface area (Å²) in [6, 6.07) is 5.73. The van der Waals surface area contributed by atoms with Crippen LogP contribution in [-0.4, -0.2) is 27.4 Å². The van der Waals surface area contributed by atoms with Gasteiger partial charge in [-0.3, -0.25) is 9.48 Å². The molecule has 0 saturated heterocycles. The SMILES string of the molecule is CC(C)(C)OC(=O)N[C@H]1CCCc2cnn(CC(=O)NCc3ccc(F)cc3)c21. The van der Waals surface area contributed by atoms with Crippen molar-refractivity contribution in [3.63, 3.8) is 0 Å². The molecule has 0 spiro atoms. The summed E-state index contributed by atoms with van der Waals surface area (Å²) in [7, 11) is 0. The van der Waals surface area contributed by atoms with Crippen LogP contribution in [0.4, 0.5) is 9.18 Å². The third kappa shape index (κ3) is 5.79. The minimum absolute atomic E-state index is 0.0447. The number of amides is 2. The van der Waals surface area contributed by atoms with Crippen LogP contribution >= 0.6 is 0 Å². The maximum atomic E-state index is 13.0. The number of ether oxygens (including phenoxy) is 1. The summed E-state index contributed by atoms with van der Waals surface area (Å²) in [6.07, 6.45) is 3.82. The van der Waals surface area contributed by atoms with Crippen LogP contribution in [0, 0.1) is 5.82 Å². The van der Waals surface area contributed by atoms with Gasteiger partial charge in [0.15, 0.2) is 0 Å². The second-order valence-electron chi connectivity index (χ2n) is 8.21. The fourth-order valence-electron chi connectivity index (χ4n) is 3.37. The Bertz CT molecular complexity index is 871. The lowest BCUT2D eigenvalue weighted by molar-refractivity contribution is -0.122. The first-order chi connectivity index (χ1) is 13.7. The highest BCUT2D eigenvalue weighted by molar-refractivity contribution is 5.75. The van der Waals surface area contributed by atoms with Gasteiger partial charge in [-0.25, -0.2) is 9.18 Å². The number of benzene rings is 1. The molecule has 0 saturated carbocycles. The van der Waals surface area contributed by atoms with E-state index in [1.165, 1.54) is 12.1 Å². The first-order valence-electron chi connectivity index (χ1n) is 9.76. The molecule has 0 unspecified atom stereocenters. The molecule has 2 N–H and O–H groups in total. The van der Waals surface area contributed by atoms with E-state index in [1.54, 1.807) is 23.0 Å². The average molecular weight is 402 g/mol. The van der Waals surface area contributed by atoms with Gasteiger partial charge in [0.25, 0.3) is 0 Å². The first kappa shape index (κ1) is 20.8. The minimum atomic E-state index is -0.581. The van der Waals surface area contributed by atoms with Gasteiger partial charge in [0.1, 0.15) is 18.0 Å². The molecule has 1 atom stereocenters. The number of aromatic nitrogens is 2. The molecule has 2 aromatic rings. The van der Waals surface area contributed by atoms with Gasteiger partial charge in [0.2, 0.25) is 5.91 Å². The maximum Gasteiger partial charge on any atom is 0.408 e. The molecule has 156 valence electrons. The second-order valence-corrected chi connectivity index (χ2v) is 8.21. The molecule has 0 aliphatic heterocycles. The summed E-state index contributed by atoms with van der Waals surface area (Å²) in [4.78, 5) is 24.6. The van der Waals surface area contributed by atoms with Crippen molar-refractivity contribution in [2.75, 3.05) is 0 Å². The molecule has 2 amide bonds. The Morgan fingerprint density at radius 3 is 2.69 bits per heavy atom. The summed E-state index contributed by atoms with van der Waals surface area (Å²) in [5, 5.41) is 10.1. The van der Waals surface area contributed by atoms with E-state index in [9.17, 15) is 14.0 Å². The summed E-state index contributed by atoms with van der Waals surface area (Å²) in [5.41, 5.74) is 2.11. The van der Waals surface area contributed by atoms with Crippen molar-refractivity contribution < 1.29 is 18.7 Å². The van der Waals surface area contributed by atoms with Gasteiger partial charge < -0.3 is 15.4 Å². The molecule has 7 nitrogen and oxygen atoms in total. The maximum absolute atomic E-state index is 13.0. The number of nitrogens with zero attached hydrogens (tertiary/aromatic N) is 2. The number of carbonyl (C=O) groups is 2. The highest BCUT2D eigenvalue weighted by atomic mass is 19.1. The molecule has 0 bridgehead atoms. The normalized spacial score (nSPS) is 16.1. The predicted octanol–water partition coefficient (Wildman–Crippen LogP) is 3.24. The van der Waals surface area contributed by atoms with E-state index in [0.29, 0.717) is 6.54 Å². The molecule has 1 aliphatic carbocycles. The Balaban J connectivity index is 1.63. The van der Waals surface area contributed by atoms with Crippen molar-refractivity contribution in [1.29, 1.82) is 0 Å². The van der Waals surface area contributed by atoms with E-state index in [4.69, 9.17) is 4.74 Å². The van der Waals surface area contributed by atoms with E-state index in [2.05, 4.69) is 15.7 Å². The molecule has 8 heteroatoms. The molecular formula is C21H27FN4O3. The minimum Gasteiger partial charge on any atom is -0.444 e. The van der Waals surface area contributed by atoms with Crippen LogP contribution in [0.2, 0.25) is 0 Å².